The Morgan fingerprint density at radius 3 is 2.57 bits per heavy atom. The third kappa shape index (κ3) is 5.56. The van der Waals surface area contributed by atoms with E-state index in [9.17, 15) is 19.2 Å². The first kappa shape index (κ1) is 21.4. The number of esters is 1. The van der Waals surface area contributed by atoms with E-state index in [4.69, 9.17) is 0 Å². The van der Waals surface area contributed by atoms with Crippen molar-refractivity contribution in [1.29, 1.82) is 0 Å². The smallest absolute Gasteiger partial charge is 0.315 e. The molecule has 0 atom stereocenters. The van der Waals surface area contributed by atoms with Gasteiger partial charge >= 0.3 is 5.97 Å². The zero-order valence-electron chi connectivity index (χ0n) is 15.7. The molecule has 0 fully saturated rings. The zero-order valence-corrected chi connectivity index (χ0v) is 16.5. The summed E-state index contributed by atoms with van der Waals surface area (Å²) in [5, 5.41) is 4.96. The molecule has 9 nitrogen and oxygen atoms in total. The van der Waals surface area contributed by atoms with Gasteiger partial charge in [-0.25, -0.2) is 4.68 Å². The van der Waals surface area contributed by atoms with E-state index in [1.807, 2.05) is 6.92 Å². The molecule has 2 N–H and O–H groups in total. The van der Waals surface area contributed by atoms with Crippen LogP contribution in [-0.2, 0) is 20.9 Å². The molecule has 1 aromatic heterocycles. The Labute approximate surface area is 165 Å². The molecule has 0 aliphatic heterocycles. The second kappa shape index (κ2) is 10.5. The number of nitrogens with zero attached hydrogens (tertiary/aromatic N) is 2. The average Bonchev–Trinajstić information content (AvgIpc) is 2.71. The third-order valence-corrected chi connectivity index (χ3v) is 4.69. The molecule has 2 aromatic rings. The first-order valence-electron chi connectivity index (χ1n) is 8.71. The molecule has 2 amide bonds. The van der Waals surface area contributed by atoms with Crippen LogP contribution < -0.4 is 16.4 Å². The van der Waals surface area contributed by atoms with Crippen LogP contribution in [0.15, 0.2) is 29.1 Å². The molecule has 0 aliphatic rings. The number of methoxy groups -OCH3 is 1. The summed E-state index contributed by atoms with van der Waals surface area (Å²) in [4.78, 5) is 47.8. The van der Waals surface area contributed by atoms with Crippen LogP contribution in [0.2, 0.25) is 0 Å². The standard InChI is InChI=1S/C18H22N4O5S/c1-3-9-22-18(26)13-7-5-4-6-12(13)16(21-22)17(25)20-19-14(23)8-10-28-11-15(24)27-2/h4-7H,3,8-11H2,1-2H3,(H,19,23)(H,20,25). The molecular formula is C18H22N4O5S. The second-order valence-electron chi connectivity index (χ2n) is 5.80. The molecule has 10 heteroatoms. The van der Waals surface area contributed by atoms with Crippen LogP contribution in [0.5, 0.6) is 0 Å². The van der Waals surface area contributed by atoms with E-state index >= 15 is 0 Å². The number of hydrazine groups is 1. The van der Waals surface area contributed by atoms with Crippen molar-refractivity contribution in [2.75, 3.05) is 18.6 Å². The summed E-state index contributed by atoms with van der Waals surface area (Å²) in [6, 6.07) is 6.70. The number of aryl methyl sites for hydroxylation is 1. The molecule has 0 radical (unpaired) electrons. The molecule has 0 saturated heterocycles. The number of ether oxygens (including phenoxy) is 1. The normalized spacial score (nSPS) is 10.5. The summed E-state index contributed by atoms with van der Waals surface area (Å²) in [5.41, 5.74) is 4.44. The van der Waals surface area contributed by atoms with Gasteiger partial charge in [-0.15, -0.1) is 11.8 Å². The summed E-state index contributed by atoms with van der Waals surface area (Å²) in [6.45, 7) is 2.29. The largest absolute Gasteiger partial charge is 0.468 e. The molecule has 0 unspecified atom stereocenters. The van der Waals surface area contributed by atoms with E-state index in [1.54, 1.807) is 24.3 Å². The quantitative estimate of drug-likeness (QED) is 0.379. The van der Waals surface area contributed by atoms with Gasteiger partial charge in [0.25, 0.3) is 11.5 Å². The maximum Gasteiger partial charge on any atom is 0.315 e. The van der Waals surface area contributed by atoms with Gasteiger partial charge in [0, 0.05) is 24.1 Å². The van der Waals surface area contributed by atoms with Crippen LogP contribution >= 0.6 is 11.8 Å². The van der Waals surface area contributed by atoms with Crippen LogP contribution in [-0.4, -0.2) is 46.2 Å². The lowest BCUT2D eigenvalue weighted by molar-refractivity contribution is -0.137. The summed E-state index contributed by atoms with van der Waals surface area (Å²) in [7, 11) is 1.30. The number of nitrogens with one attached hydrogen (secondary N) is 2. The first-order valence-corrected chi connectivity index (χ1v) is 9.87. The summed E-state index contributed by atoms with van der Waals surface area (Å²) >= 11 is 1.26. The van der Waals surface area contributed by atoms with E-state index < -0.39 is 11.8 Å². The van der Waals surface area contributed by atoms with Gasteiger partial charge in [0.1, 0.15) is 0 Å². The van der Waals surface area contributed by atoms with Crippen molar-refractivity contribution < 1.29 is 19.1 Å². The van der Waals surface area contributed by atoms with Crippen molar-refractivity contribution >= 4 is 40.3 Å². The number of thioether (sulfide) groups is 1. The summed E-state index contributed by atoms with van der Waals surface area (Å²) < 4.78 is 5.76. The van der Waals surface area contributed by atoms with Gasteiger partial charge in [-0.3, -0.25) is 30.0 Å². The minimum absolute atomic E-state index is 0.0593. The fraction of sp³-hybridized carbons (Fsp3) is 0.389. The van der Waals surface area contributed by atoms with Crippen molar-refractivity contribution in [3.05, 3.63) is 40.3 Å². The van der Waals surface area contributed by atoms with Crippen molar-refractivity contribution in [2.24, 2.45) is 0 Å². The number of benzene rings is 1. The molecule has 28 heavy (non-hydrogen) atoms. The predicted octanol–water partition coefficient (Wildman–Crippen LogP) is 0.864. The minimum atomic E-state index is -0.614. The Balaban J connectivity index is 2.03. The Morgan fingerprint density at radius 1 is 1.18 bits per heavy atom. The van der Waals surface area contributed by atoms with E-state index in [0.717, 1.165) is 0 Å². The third-order valence-electron chi connectivity index (χ3n) is 3.75. The molecule has 0 saturated carbocycles. The van der Waals surface area contributed by atoms with Gasteiger partial charge < -0.3 is 4.74 Å². The van der Waals surface area contributed by atoms with Crippen LogP contribution in [0.1, 0.15) is 30.3 Å². The van der Waals surface area contributed by atoms with Crippen molar-refractivity contribution in [1.82, 2.24) is 20.6 Å². The van der Waals surface area contributed by atoms with Gasteiger partial charge in [-0.05, 0) is 12.5 Å². The average molecular weight is 406 g/mol. The van der Waals surface area contributed by atoms with E-state index in [0.29, 0.717) is 29.5 Å². The molecule has 0 aliphatic carbocycles. The zero-order chi connectivity index (χ0) is 20.5. The van der Waals surface area contributed by atoms with Crippen LogP contribution in [0, 0.1) is 0 Å². The van der Waals surface area contributed by atoms with Crippen LogP contribution in [0.3, 0.4) is 0 Å². The molecule has 0 bridgehead atoms. The summed E-state index contributed by atoms with van der Waals surface area (Å²) in [6.07, 6.45) is 0.803. The molecule has 1 aromatic carbocycles. The Morgan fingerprint density at radius 2 is 1.89 bits per heavy atom. The fourth-order valence-electron chi connectivity index (χ4n) is 2.39. The van der Waals surface area contributed by atoms with Crippen LogP contribution in [0.25, 0.3) is 10.8 Å². The number of carbonyl (C=O) groups is 3. The maximum atomic E-state index is 12.5. The highest BCUT2D eigenvalue weighted by Gasteiger charge is 2.17. The van der Waals surface area contributed by atoms with E-state index in [1.165, 1.54) is 23.6 Å². The molecular weight excluding hydrogens is 384 g/mol. The molecule has 2 rings (SSSR count). The Bertz CT molecular complexity index is 928. The lowest BCUT2D eigenvalue weighted by Crippen LogP contribution is -2.43. The predicted molar refractivity (Wildman–Crippen MR) is 106 cm³/mol. The van der Waals surface area contributed by atoms with Crippen molar-refractivity contribution in [3.8, 4) is 0 Å². The van der Waals surface area contributed by atoms with Crippen molar-refractivity contribution in [2.45, 2.75) is 26.3 Å². The highest BCUT2D eigenvalue weighted by Crippen LogP contribution is 2.13. The lowest BCUT2D eigenvalue weighted by Gasteiger charge is -2.11. The number of rotatable bonds is 8. The van der Waals surface area contributed by atoms with Gasteiger partial charge in [0.05, 0.1) is 18.2 Å². The number of hydrogen-bond donors (Lipinski definition) is 2. The maximum absolute atomic E-state index is 12.5. The fourth-order valence-corrected chi connectivity index (χ4v) is 3.15. The topological polar surface area (TPSA) is 119 Å². The van der Waals surface area contributed by atoms with Crippen LogP contribution in [0.4, 0.5) is 0 Å². The van der Waals surface area contributed by atoms with E-state index in [-0.39, 0.29) is 29.4 Å². The highest BCUT2D eigenvalue weighted by atomic mass is 32.2. The van der Waals surface area contributed by atoms with E-state index in [2.05, 4.69) is 20.7 Å². The number of fused-ring (bicyclic) bond motifs is 1. The molecule has 0 spiro atoms. The monoisotopic (exact) mass is 406 g/mol. The Hall–Kier alpha value is -2.88. The van der Waals surface area contributed by atoms with Gasteiger partial charge in [0.15, 0.2) is 5.69 Å². The van der Waals surface area contributed by atoms with Crippen molar-refractivity contribution in [3.63, 3.8) is 0 Å². The molecule has 150 valence electrons. The SMILES string of the molecule is CCCn1nc(C(=O)NNC(=O)CCSCC(=O)OC)c2ccccc2c1=O. The minimum Gasteiger partial charge on any atom is -0.468 e. The Kier molecular flexibility index (Phi) is 8.00. The number of carbonyl (C=O) groups excluding carboxylic acids is 3. The second-order valence-corrected chi connectivity index (χ2v) is 6.91. The van der Waals surface area contributed by atoms with Gasteiger partial charge in [-0.2, -0.15) is 5.10 Å². The summed E-state index contributed by atoms with van der Waals surface area (Å²) in [5.74, 6) is -0.822. The van der Waals surface area contributed by atoms with Gasteiger partial charge in [0.2, 0.25) is 5.91 Å². The number of hydrogen-bond acceptors (Lipinski definition) is 7. The first-order chi connectivity index (χ1) is 13.5. The van der Waals surface area contributed by atoms with Gasteiger partial charge in [-0.1, -0.05) is 25.1 Å². The number of aromatic nitrogens is 2. The molecule has 1 heterocycles. The highest BCUT2D eigenvalue weighted by molar-refractivity contribution is 7.99. The number of amides is 2. The lowest BCUT2D eigenvalue weighted by atomic mass is 10.1.